The Morgan fingerprint density at radius 2 is 1.93 bits per heavy atom. The van der Waals surface area contributed by atoms with Crippen LogP contribution in [0.15, 0.2) is 10.6 Å². The van der Waals surface area contributed by atoms with Crippen molar-refractivity contribution in [2.45, 2.75) is 6.18 Å². The summed E-state index contributed by atoms with van der Waals surface area (Å²) in [6.45, 7) is 2.02. The minimum absolute atomic E-state index is 0.144. The third kappa shape index (κ3) is 2.23. The molecule has 2 rings (SSSR count). The lowest BCUT2D eigenvalue weighted by Gasteiger charge is -2.25. The molecule has 1 aliphatic heterocycles. The number of morpholine rings is 1. The third-order valence-corrected chi connectivity index (χ3v) is 2.06. The molecule has 1 aliphatic rings. The zero-order valence-corrected chi connectivity index (χ0v) is 7.75. The highest BCUT2D eigenvalue weighted by atomic mass is 19.4. The molecule has 7 heteroatoms. The van der Waals surface area contributed by atoms with Crippen LogP contribution in [0.3, 0.4) is 0 Å². The van der Waals surface area contributed by atoms with Crippen molar-refractivity contribution < 1.29 is 22.3 Å². The van der Waals surface area contributed by atoms with E-state index in [1.807, 2.05) is 0 Å². The van der Waals surface area contributed by atoms with Crippen LogP contribution in [0.2, 0.25) is 0 Å². The van der Waals surface area contributed by atoms with Gasteiger partial charge in [-0.05, 0) is 0 Å². The van der Waals surface area contributed by atoms with Gasteiger partial charge in [-0.15, -0.1) is 0 Å². The fraction of sp³-hybridized carbons (Fsp3) is 0.625. The zero-order chi connectivity index (χ0) is 10.9. The average molecular weight is 222 g/mol. The monoisotopic (exact) mass is 222 g/mol. The van der Waals surface area contributed by atoms with Gasteiger partial charge >= 0.3 is 12.1 Å². The summed E-state index contributed by atoms with van der Waals surface area (Å²) in [6, 6.07) is 0. The molecular weight excluding hydrogens is 213 g/mol. The molecule has 0 radical (unpaired) electrons. The summed E-state index contributed by atoms with van der Waals surface area (Å²) >= 11 is 0. The Bertz CT molecular complexity index is 331. The largest absolute Gasteiger partial charge is 0.469 e. The van der Waals surface area contributed by atoms with Gasteiger partial charge < -0.3 is 14.1 Å². The Labute approximate surface area is 83.6 Å². The van der Waals surface area contributed by atoms with Crippen LogP contribution in [-0.2, 0) is 10.9 Å². The van der Waals surface area contributed by atoms with Gasteiger partial charge in [-0.1, -0.05) is 0 Å². The Kier molecular flexibility index (Phi) is 2.56. The fourth-order valence-electron chi connectivity index (χ4n) is 1.33. The average Bonchev–Trinajstić information content (AvgIpc) is 2.67. The van der Waals surface area contributed by atoms with E-state index in [0.717, 1.165) is 6.20 Å². The lowest BCUT2D eigenvalue weighted by atomic mass is 10.4. The van der Waals surface area contributed by atoms with Gasteiger partial charge in [0.05, 0.1) is 19.4 Å². The van der Waals surface area contributed by atoms with E-state index in [1.165, 1.54) is 0 Å². The van der Waals surface area contributed by atoms with E-state index in [2.05, 4.69) is 9.40 Å². The number of ether oxygens (including phenoxy) is 1. The number of aromatic nitrogens is 1. The highest BCUT2D eigenvalue weighted by molar-refractivity contribution is 5.33. The van der Waals surface area contributed by atoms with E-state index in [9.17, 15) is 13.2 Å². The molecule has 1 fully saturated rings. The molecule has 2 heterocycles. The Hall–Kier alpha value is -1.24. The van der Waals surface area contributed by atoms with Gasteiger partial charge in [-0.25, -0.2) is 4.98 Å². The first-order valence-corrected chi connectivity index (χ1v) is 4.43. The molecule has 1 saturated heterocycles. The number of anilines is 1. The quantitative estimate of drug-likeness (QED) is 0.722. The maximum Gasteiger partial charge on any atom is 0.469 e. The molecular formula is C8H9F3N2O2. The number of hydrogen-bond acceptors (Lipinski definition) is 4. The second-order valence-corrected chi connectivity index (χ2v) is 3.10. The first-order valence-electron chi connectivity index (χ1n) is 4.43. The van der Waals surface area contributed by atoms with Crippen LogP contribution >= 0.6 is 0 Å². The first-order chi connectivity index (χ1) is 7.07. The minimum Gasteiger partial charge on any atom is -0.417 e. The van der Waals surface area contributed by atoms with E-state index in [1.54, 1.807) is 4.90 Å². The van der Waals surface area contributed by atoms with Crippen molar-refractivity contribution in [2.75, 3.05) is 31.2 Å². The lowest BCUT2D eigenvalue weighted by Crippen LogP contribution is -2.35. The third-order valence-electron chi connectivity index (χ3n) is 2.06. The van der Waals surface area contributed by atoms with Crippen LogP contribution in [0, 0.1) is 0 Å². The number of rotatable bonds is 1. The highest BCUT2D eigenvalue weighted by Gasteiger charge is 2.37. The van der Waals surface area contributed by atoms with Crippen LogP contribution in [0.25, 0.3) is 0 Å². The van der Waals surface area contributed by atoms with E-state index >= 15 is 0 Å². The molecule has 84 valence electrons. The second-order valence-electron chi connectivity index (χ2n) is 3.10. The molecule has 1 aromatic rings. The topological polar surface area (TPSA) is 38.5 Å². The van der Waals surface area contributed by atoms with E-state index < -0.39 is 12.1 Å². The van der Waals surface area contributed by atoms with Crippen molar-refractivity contribution >= 4 is 5.88 Å². The summed E-state index contributed by atoms with van der Waals surface area (Å²) < 4.78 is 46.2. The van der Waals surface area contributed by atoms with Gasteiger partial charge in [0.25, 0.3) is 0 Å². The van der Waals surface area contributed by atoms with Crippen molar-refractivity contribution in [2.24, 2.45) is 0 Å². The number of halogens is 3. The summed E-state index contributed by atoms with van der Waals surface area (Å²) in [6.07, 6.45) is -3.43. The summed E-state index contributed by atoms with van der Waals surface area (Å²) in [7, 11) is 0. The Balaban J connectivity index is 2.12. The maximum atomic E-state index is 12.2. The molecule has 0 spiro atoms. The molecule has 0 amide bonds. The number of nitrogens with zero attached hydrogens (tertiary/aromatic N) is 2. The molecule has 0 saturated carbocycles. The lowest BCUT2D eigenvalue weighted by molar-refractivity contribution is -0.156. The van der Waals surface area contributed by atoms with Gasteiger partial charge in [-0.3, -0.25) is 0 Å². The highest BCUT2D eigenvalue weighted by Crippen LogP contribution is 2.31. The summed E-state index contributed by atoms with van der Waals surface area (Å²) in [4.78, 5) is 4.86. The molecule has 0 bridgehead atoms. The van der Waals surface area contributed by atoms with Crippen LogP contribution < -0.4 is 4.90 Å². The van der Waals surface area contributed by atoms with E-state index in [4.69, 9.17) is 4.74 Å². The van der Waals surface area contributed by atoms with Gasteiger partial charge in [0.15, 0.2) is 0 Å². The molecule has 0 unspecified atom stereocenters. The molecule has 4 nitrogen and oxygen atoms in total. The van der Waals surface area contributed by atoms with Gasteiger partial charge in [0.2, 0.25) is 5.88 Å². The van der Waals surface area contributed by atoms with Crippen LogP contribution in [-0.4, -0.2) is 31.3 Å². The predicted molar refractivity (Wildman–Crippen MR) is 44.5 cm³/mol. The maximum absolute atomic E-state index is 12.2. The molecule has 0 aliphatic carbocycles. The van der Waals surface area contributed by atoms with Crippen molar-refractivity contribution in [3.05, 3.63) is 12.1 Å². The van der Waals surface area contributed by atoms with Gasteiger partial charge in [-0.2, -0.15) is 13.2 Å². The summed E-state index contributed by atoms with van der Waals surface area (Å²) in [5, 5.41) is 0. The summed E-state index contributed by atoms with van der Waals surface area (Å²) in [5.41, 5.74) is 0. The molecule has 0 N–H and O–H groups in total. The van der Waals surface area contributed by atoms with Crippen molar-refractivity contribution in [3.8, 4) is 0 Å². The Morgan fingerprint density at radius 1 is 1.27 bits per heavy atom. The van der Waals surface area contributed by atoms with Crippen LogP contribution in [0.1, 0.15) is 5.89 Å². The molecule has 1 aromatic heterocycles. The smallest absolute Gasteiger partial charge is 0.417 e. The molecule has 0 atom stereocenters. The summed E-state index contributed by atoms with van der Waals surface area (Å²) in [5.74, 6) is -1.06. The first kappa shape index (κ1) is 10.3. The van der Waals surface area contributed by atoms with Crippen molar-refractivity contribution in [1.29, 1.82) is 0 Å². The van der Waals surface area contributed by atoms with Gasteiger partial charge in [0.1, 0.15) is 0 Å². The van der Waals surface area contributed by atoms with Crippen molar-refractivity contribution in [1.82, 2.24) is 4.98 Å². The number of alkyl halides is 3. The second kappa shape index (κ2) is 3.73. The molecule has 0 aromatic carbocycles. The predicted octanol–water partition coefficient (Wildman–Crippen LogP) is 1.53. The SMILES string of the molecule is FC(F)(F)c1ncc(N2CCOCC2)o1. The Morgan fingerprint density at radius 3 is 2.47 bits per heavy atom. The fourth-order valence-corrected chi connectivity index (χ4v) is 1.33. The number of hydrogen-bond donors (Lipinski definition) is 0. The minimum atomic E-state index is -4.52. The number of oxazole rings is 1. The standard InChI is InChI=1S/C8H9F3N2O2/c9-8(10,11)7-12-5-6(15-7)13-1-3-14-4-2-13/h5H,1-4H2. The van der Waals surface area contributed by atoms with Crippen molar-refractivity contribution in [3.63, 3.8) is 0 Å². The van der Waals surface area contributed by atoms with E-state index in [0.29, 0.717) is 26.3 Å². The zero-order valence-electron chi connectivity index (χ0n) is 7.75. The normalized spacial score (nSPS) is 18.2. The van der Waals surface area contributed by atoms with E-state index in [-0.39, 0.29) is 5.88 Å². The molecule has 15 heavy (non-hydrogen) atoms. The van der Waals surface area contributed by atoms with Crippen LogP contribution in [0.4, 0.5) is 19.1 Å². The van der Waals surface area contributed by atoms with Crippen LogP contribution in [0.5, 0.6) is 0 Å². The van der Waals surface area contributed by atoms with Gasteiger partial charge in [0, 0.05) is 13.1 Å².